The van der Waals surface area contributed by atoms with E-state index in [1.807, 2.05) is 0 Å². The first kappa shape index (κ1) is 14.4. The van der Waals surface area contributed by atoms with E-state index in [9.17, 15) is 8.42 Å². The molecule has 0 aliphatic heterocycles. The van der Waals surface area contributed by atoms with Crippen molar-refractivity contribution in [1.82, 2.24) is 5.32 Å². The Bertz CT molecular complexity index is 544. The molecule has 0 radical (unpaired) electrons. The van der Waals surface area contributed by atoms with E-state index in [4.69, 9.17) is 16.3 Å². The number of methoxy groups -OCH3 is 1. The van der Waals surface area contributed by atoms with Crippen molar-refractivity contribution in [1.29, 1.82) is 0 Å². The highest BCUT2D eigenvalue weighted by Gasteiger charge is 2.21. The predicted octanol–water partition coefficient (Wildman–Crippen LogP) is 1.84. The van der Waals surface area contributed by atoms with Crippen LogP contribution in [0.4, 0.5) is 5.69 Å². The third-order valence-electron chi connectivity index (χ3n) is 2.82. The summed E-state index contributed by atoms with van der Waals surface area (Å²) in [5, 5.41) is 3.51. The van der Waals surface area contributed by atoms with E-state index in [0.29, 0.717) is 29.0 Å². The fourth-order valence-electron chi connectivity index (χ4n) is 1.61. The highest BCUT2D eigenvalue weighted by molar-refractivity contribution is 7.92. The number of ether oxygens (including phenoxy) is 1. The molecule has 1 saturated carbocycles. The smallest absolute Gasteiger partial charge is 0.234 e. The zero-order chi connectivity index (χ0) is 13.9. The fraction of sp³-hybridized carbons (Fsp3) is 0.500. The van der Waals surface area contributed by atoms with E-state index in [2.05, 4.69) is 10.0 Å². The number of sulfonamides is 1. The summed E-state index contributed by atoms with van der Waals surface area (Å²) in [4.78, 5) is 0. The first-order chi connectivity index (χ1) is 9.00. The Morgan fingerprint density at radius 3 is 2.79 bits per heavy atom. The number of anilines is 1. The minimum Gasteiger partial charge on any atom is -0.497 e. The first-order valence-corrected chi connectivity index (χ1v) is 8.10. The van der Waals surface area contributed by atoms with Gasteiger partial charge in [0.1, 0.15) is 5.75 Å². The van der Waals surface area contributed by atoms with Gasteiger partial charge in [-0.1, -0.05) is 11.6 Å². The Labute approximate surface area is 118 Å². The minimum absolute atomic E-state index is 0.0248. The van der Waals surface area contributed by atoms with Gasteiger partial charge in [-0.05, 0) is 25.0 Å². The molecule has 2 N–H and O–H groups in total. The van der Waals surface area contributed by atoms with E-state index in [-0.39, 0.29) is 5.75 Å². The van der Waals surface area contributed by atoms with Crippen molar-refractivity contribution in [2.75, 3.05) is 24.1 Å². The molecule has 7 heteroatoms. The van der Waals surface area contributed by atoms with E-state index >= 15 is 0 Å². The van der Waals surface area contributed by atoms with Crippen molar-refractivity contribution in [3.8, 4) is 5.75 Å². The van der Waals surface area contributed by atoms with Crippen LogP contribution in [0.3, 0.4) is 0 Å². The second kappa shape index (κ2) is 5.98. The molecule has 1 aliphatic carbocycles. The van der Waals surface area contributed by atoms with Crippen molar-refractivity contribution in [2.24, 2.45) is 0 Å². The lowest BCUT2D eigenvalue weighted by atomic mass is 10.3. The van der Waals surface area contributed by atoms with Crippen molar-refractivity contribution in [3.05, 3.63) is 23.2 Å². The Kier molecular flexibility index (Phi) is 4.54. The maximum atomic E-state index is 11.9. The van der Waals surface area contributed by atoms with Gasteiger partial charge < -0.3 is 10.1 Å². The molecule has 5 nitrogen and oxygen atoms in total. The highest BCUT2D eigenvalue weighted by atomic mass is 35.5. The number of hydrogen-bond acceptors (Lipinski definition) is 4. The Hall–Kier alpha value is -0.980. The SMILES string of the molecule is COc1ccc(Cl)c(NS(=O)(=O)CCNC2CC2)c1. The Balaban J connectivity index is 1.97. The topological polar surface area (TPSA) is 67.4 Å². The molecule has 1 fully saturated rings. The van der Waals surface area contributed by atoms with Crippen LogP contribution < -0.4 is 14.8 Å². The monoisotopic (exact) mass is 304 g/mol. The minimum atomic E-state index is -3.40. The molecule has 0 bridgehead atoms. The molecule has 0 aromatic heterocycles. The highest BCUT2D eigenvalue weighted by Crippen LogP contribution is 2.27. The third kappa shape index (κ3) is 4.56. The lowest BCUT2D eigenvalue weighted by Crippen LogP contribution is -2.28. The summed E-state index contributed by atoms with van der Waals surface area (Å²) in [5.74, 6) is 0.579. The van der Waals surface area contributed by atoms with Gasteiger partial charge in [-0.25, -0.2) is 8.42 Å². The van der Waals surface area contributed by atoms with Crippen molar-refractivity contribution >= 4 is 27.3 Å². The molecule has 0 heterocycles. The van der Waals surface area contributed by atoms with Crippen molar-refractivity contribution in [2.45, 2.75) is 18.9 Å². The van der Waals surface area contributed by atoms with Crippen LogP contribution >= 0.6 is 11.6 Å². The first-order valence-electron chi connectivity index (χ1n) is 6.07. The van der Waals surface area contributed by atoms with Crippen LogP contribution in [0.15, 0.2) is 18.2 Å². The maximum Gasteiger partial charge on any atom is 0.234 e. The van der Waals surface area contributed by atoms with E-state index in [1.54, 1.807) is 18.2 Å². The maximum absolute atomic E-state index is 11.9. The average Bonchev–Trinajstić information content (AvgIpc) is 3.15. The predicted molar refractivity (Wildman–Crippen MR) is 76.4 cm³/mol. The number of rotatable bonds is 7. The van der Waals surface area contributed by atoms with E-state index < -0.39 is 10.0 Å². The molecular formula is C12H17ClN2O3S. The van der Waals surface area contributed by atoms with Crippen LogP contribution in [0.1, 0.15) is 12.8 Å². The zero-order valence-electron chi connectivity index (χ0n) is 10.6. The van der Waals surface area contributed by atoms with Crippen LogP contribution in [0, 0.1) is 0 Å². The molecule has 1 aromatic rings. The van der Waals surface area contributed by atoms with Gasteiger partial charge in [0, 0.05) is 18.7 Å². The standard InChI is InChI=1S/C12H17ClN2O3S/c1-18-10-4-5-11(13)12(8-10)15-19(16,17)7-6-14-9-2-3-9/h4-5,8-9,14-15H,2-3,6-7H2,1H3. The number of benzene rings is 1. The summed E-state index contributed by atoms with van der Waals surface area (Å²) >= 11 is 5.96. The summed E-state index contributed by atoms with van der Waals surface area (Å²) in [5.41, 5.74) is 0.340. The van der Waals surface area contributed by atoms with Crippen LogP contribution in [0.25, 0.3) is 0 Å². The van der Waals surface area contributed by atoms with Gasteiger partial charge >= 0.3 is 0 Å². The Morgan fingerprint density at radius 1 is 1.42 bits per heavy atom. The average molecular weight is 305 g/mol. The molecule has 0 amide bonds. The van der Waals surface area contributed by atoms with Crippen LogP contribution in [-0.2, 0) is 10.0 Å². The number of nitrogens with one attached hydrogen (secondary N) is 2. The number of halogens is 1. The quantitative estimate of drug-likeness (QED) is 0.806. The van der Waals surface area contributed by atoms with E-state index in [1.165, 1.54) is 7.11 Å². The largest absolute Gasteiger partial charge is 0.497 e. The van der Waals surface area contributed by atoms with E-state index in [0.717, 1.165) is 12.8 Å². The van der Waals surface area contributed by atoms with Crippen LogP contribution in [0.5, 0.6) is 5.75 Å². The van der Waals surface area contributed by atoms with Gasteiger partial charge in [0.25, 0.3) is 0 Å². The van der Waals surface area contributed by atoms with Gasteiger partial charge in [0.05, 0.1) is 23.6 Å². The summed E-state index contributed by atoms with van der Waals surface area (Å²) in [7, 11) is -1.89. The molecular weight excluding hydrogens is 288 g/mol. The van der Waals surface area contributed by atoms with Gasteiger partial charge in [0.15, 0.2) is 0 Å². The lowest BCUT2D eigenvalue weighted by Gasteiger charge is -2.11. The molecule has 19 heavy (non-hydrogen) atoms. The van der Waals surface area contributed by atoms with Gasteiger partial charge in [0.2, 0.25) is 10.0 Å². The fourth-order valence-corrected chi connectivity index (χ4v) is 2.83. The molecule has 0 saturated heterocycles. The van der Waals surface area contributed by atoms with Crippen molar-refractivity contribution in [3.63, 3.8) is 0 Å². The molecule has 1 aliphatic rings. The zero-order valence-corrected chi connectivity index (χ0v) is 12.2. The summed E-state index contributed by atoms with van der Waals surface area (Å²) in [6.45, 7) is 0.446. The van der Waals surface area contributed by atoms with Crippen molar-refractivity contribution < 1.29 is 13.2 Å². The molecule has 1 aromatic carbocycles. The molecule has 0 unspecified atom stereocenters. The molecule has 2 rings (SSSR count). The second-order valence-corrected chi connectivity index (χ2v) is 6.74. The summed E-state index contributed by atoms with van der Waals surface area (Å²) < 4.78 is 31.3. The van der Waals surface area contributed by atoms with Crippen LogP contribution in [-0.4, -0.2) is 33.9 Å². The molecule has 106 valence electrons. The van der Waals surface area contributed by atoms with Gasteiger partial charge in [-0.3, -0.25) is 4.72 Å². The molecule has 0 spiro atoms. The lowest BCUT2D eigenvalue weighted by molar-refractivity contribution is 0.415. The van der Waals surface area contributed by atoms with Gasteiger partial charge in [-0.2, -0.15) is 0 Å². The summed E-state index contributed by atoms with van der Waals surface area (Å²) in [6.07, 6.45) is 2.27. The molecule has 0 atom stereocenters. The summed E-state index contributed by atoms with van der Waals surface area (Å²) in [6, 6.07) is 5.33. The normalized spacial score (nSPS) is 15.3. The number of hydrogen-bond donors (Lipinski definition) is 2. The second-order valence-electron chi connectivity index (χ2n) is 4.50. The third-order valence-corrected chi connectivity index (χ3v) is 4.42. The Morgan fingerprint density at radius 2 is 2.16 bits per heavy atom. The van der Waals surface area contributed by atoms with Crippen LogP contribution in [0.2, 0.25) is 5.02 Å². The van der Waals surface area contributed by atoms with Gasteiger partial charge in [-0.15, -0.1) is 0 Å².